The average molecular weight is 328 g/mol. The van der Waals surface area contributed by atoms with Crippen LogP contribution in [-0.2, 0) is 16.1 Å². The van der Waals surface area contributed by atoms with Crippen molar-refractivity contribution in [2.75, 3.05) is 7.11 Å². The number of nitrogens with zero attached hydrogens (tertiary/aromatic N) is 2. The van der Waals surface area contributed by atoms with Crippen LogP contribution in [0.25, 0.3) is 0 Å². The van der Waals surface area contributed by atoms with Gasteiger partial charge in [0.15, 0.2) is 0 Å². The first-order valence-electron chi connectivity index (χ1n) is 7.64. The number of rotatable bonds is 5. The molecule has 0 spiro atoms. The molecule has 0 aliphatic carbocycles. The zero-order valence-electron chi connectivity index (χ0n) is 13.2. The normalized spacial score (nSPS) is 16.6. The van der Waals surface area contributed by atoms with Gasteiger partial charge in [0.25, 0.3) is 0 Å². The molecular weight excluding hydrogens is 311 g/mol. The maximum atomic E-state index is 13.5. The molecule has 124 valence electrons. The fourth-order valence-electron chi connectivity index (χ4n) is 2.50. The maximum absolute atomic E-state index is 13.5. The van der Waals surface area contributed by atoms with Gasteiger partial charge in [0.1, 0.15) is 24.2 Å². The van der Waals surface area contributed by atoms with Gasteiger partial charge >= 0.3 is 5.97 Å². The summed E-state index contributed by atoms with van der Waals surface area (Å²) in [6.45, 7) is 0.138. The molecule has 1 aliphatic rings. The van der Waals surface area contributed by atoms with Crippen LogP contribution in [0.1, 0.15) is 24.1 Å². The van der Waals surface area contributed by atoms with E-state index in [1.54, 1.807) is 36.5 Å². The Hall–Kier alpha value is -2.76. The van der Waals surface area contributed by atoms with E-state index in [-0.39, 0.29) is 18.4 Å². The van der Waals surface area contributed by atoms with E-state index in [9.17, 15) is 9.18 Å². The monoisotopic (exact) mass is 328 g/mol. The van der Waals surface area contributed by atoms with Crippen LogP contribution in [-0.4, -0.2) is 29.8 Å². The van der Waals surface area contributed by atoms with Gasteiger partial charge in [-0.25, -0.2) is 9.18 Å². The van der Waals surface area contributed by atoms with Crippen molar-refractivity contribution in [1.29, 1.82) is 0 Å². The number of pyridine rings is 1. The molecule has 2 aromatic rings. The molecule has 0 saturated heterocycles. The van der Waals surface area contributed by atoms with Crippen LogP contribution in [0.15, 0.2) is 47.6 Å². The van der Waals surface area contributed by atoms with Crippen molar-refractivity contribution in [3.63, 3.8) is 0 Å². The SMILES string of the molecule is COC(=O)[C@@H]1CCC(c2ccc(OCc3ccccc3F)cn2)=N1. The first-order valence-corrected chi connectivity index (χ1v) is 7.64. The minimum atomic E-state index is -0.441. The van der Waals surface area contributed by atoms with Crippen LogP contribution in [0, 0.1) is 5.82 Å². The van der Waals surface area contributed by atoms with Gasteiger partial charge < -0.3 is 9.47 Å². The summed E-state index contributed by atoms with van der Waals surface area (Å²) in [6.07, 6.45) is 2.89. The molecule has 24 heavy (non-hydrogen) atoms. The first kappa shape index (κ1) is 16.1. The van der Waals surface area contributed by atoms with Crippen molar-refractivity contribution in [3.8, 4) is 5.75 Å². The summed E-state index contributed by atoms with van der Waals surface area (Å²) in [5, 5.41) is 0. The van der Waals surface area contributed by atoms with Gasteiger partial charge in [-0.05, 0) is 31.0 Å². The lowest BCUT2D eigenvalue weighted by molar-refractivity contribution is -0.141. The van der Waals surface area contributed by atoms with Crippen LogP contribution < -0.4 is 4.74 Å². The summed E-state index contributed by atoms with van der Waals surface area (Å²) in [4.78, 5) is 20.2. The van der Waals surface area contributed by atoms with E-state index in [1.165, 1.54) is 13.2 Å². The third-order valence-electron chi connectivity index (χ3n) is 3.82. The fraction of sp³-hybridized carbons (Fsp3) is 0.278. The second-order valence-corrected chi connectivity index (χ2v) is 5.41. The highest BCUT2D eigenvalue weighted by atomic mass is 19.1. The van der Waals surface area contributed by atoms with Gasteiger partial charge in [-0.2, -0.15) is 0 Å². The number of aromatic nitrogens is 1. The Labute approximate surface area is 139 Å². The maximum Gasteiger partial charge on any atom is 0.330 e. The van der Waals surface area contributed by atoms with Crippen LogP contribution in [0.4, 0.5) is 4.39 Å². The van der Waals surface area contributed by atoms with E-state index in [1.807, 2.05) is 0 Å². The summed E-state index contributed by atoms with van der Waals surface area (Å²) in [7, 11) is 1.36. The molecule has 2 heterocycles. The molecule has 0 amide bonds. The van der Waals surface area contributed by atoms with Crippen molar-refractivity contribution < 1.29 is 18.7 Å². The number of ether oxygens (including phenoxy) is 2. The molecule has 1 atom stereocenters. The number of hydrogen-bond acceptors (Lipinski definition) is 5. The lowest BCUT2D eigenvalue weighted by Crippen LogP contribution is -2.16. The molecule has 0 N–H and O–H groups in total. The fourth-order valence-corrected chi connectivity index (χ4v) is 2.50. The number of halogens is 1. The largest absolute Gasteiger partial charge is 0.487 e. The molecule has 5 nitrogen and oxygen atoms in total. The third kappa shape index (κ3) is 3.59. The molecule has 0 radical (unpaired) electrons. The summed E-state index contributed by atoms with van der Waals surface area (Å²) in [5.41, 5.74) is 1.98. The van der Waals surface area contributed by atoms with E-state index in [0.717, 1.165) is 5.71 Å². The molecule has 1 aliphatic heterocycles. The van der Waals surface area contributed by atoms with Crippen LogP contribution in [0.2, 0.25) is 0 Å². The lowest BCUT2D eigenvalue weighted by Gasteiger charge is -2.07. The Kier molecular flexibility index (Phi) is 4.84. The molecule has 0 bridgehead atoms. The zero-order chi connectivity index (χ0) is 16.9. The minimum absolute atomic E-state index is 0.138. The van der Waals surface area contributed by atoms with E-state index < -0.39 is 6.04 Å². The Bertz CT molecular complexity index is 759. The lowest BCUT2D eigenvalue weighted by atomic mass is 10.1. The molecule has 3 rings (SSSR count). The summed E-state index contributed by atoms with van der Waals surface area (Å²) < 4.78 is 23.8. The molecule has 0 fully saturated rings. The van der Waals surface area contributed by atoms with Gasteiger partial charge in [-0.15, -0.1) is 0 Å². The second kappa shape index (κ2) is 7.21. The Balaban J connectivity index is 1.64. The standard InChI is InChI=1S/C18H17FN2O3/c1-23-18(22)17-9-8-16(21-17)15-7-6-13(10-20-15)24-11-12-4-2-3-5-14(12)19/h2-7,10,17H,8-9,11H2,1H3/t17-/m0/s1. The summed E-state index contributed by atoms with van der Waals surface area (Å²) >= 11 is 0. The summed E-state index contributed by atoms with van der Waals surface area (Å²) in [5.74, 6) is -0.0730. The zero-order valence-corrected chi connectivity index (χ0v) is 13.2. The molecule has 6 heteroatoms. The van der Waals surface area contributed by atoms with E-state index in [0.29, 0.717) is 29.8 Å². The quantitative estimate of drug-likeness (QED) is 0.792. The Morgan fingerprint density at radius 3 is 2.83 bits per heavy atom. The Morgan fingerprint density at radius 1 is 1.29 bits per heavy atom. The van der Waals surface area contributed by atoms with Crippen LogP contribution in [0.5, 0.6) is 5.75 Å². The van der Waals surface area contributed by atoms with E-state index in [4.69, 9.17) is 9.47 Å². The predicted molar refractivity (Wildman–Crippen MR) is 86.5 cm³/mol. The van der Waals surface area contributed by atoms with Crippen molar-refractivity contribution in [2.24, 2.45) is 4.99 Å². The van der Waals surface area contributed by atoms with Crippen molar-refractivity contribution in [2.45, 2.75) is 25.5 Å². The highest BCUT2D eigenvalue weighted by Gasteiger charge is 2.26. The second-order valence-electron chi connectivity index (χ2n) is 5.41. The number of methoxy groups -OCH3 is 1. The topological polar surface area (TPSA) is 60.8 Å². The summed E-state index contributed by atoms with van der Waals surface area (Å²) in [6, 6.07) is 9.58. The number of benzene rings is 1. The van der Waals surface area contributed by atoms with Crippen LogP contribution in [0.3, 0.4) is 0 Å². The molecular formula is C18H17FN2O3. The van der Waals surface area contributed by atoms with E-state index in [2.05, 4.69) is 9.98 Å². The van der Waals surface area contributed by atoms with Crippen molar-refractivity contribution in [1.82, 2.24) is 4.98 Å². The first-order chi connectivity index (χ1) is 11.7. The van der Waals surface area contributed by atoms with Gasteiger partial charge in [0.2, 0.25) is 0 Å². The molecule has 1 aromatic heterocycles. The molecule has 1 aromatic carbocycles. The number of hydrogen-bond donors (Lipinski definition) is 0. The Morgan fingerprint density at radius 2 is 2.12 bits per heavy atom. The number of aliphatic imine (C=N–C) groups is 1. The number of esters is 1. The third-order valence-corrected chi connectivity index (χ3v) is 3.82. The smallest absolute Gasteiger partial charge is 0.330 e. The van der Waals surface area contributed by atoms with Crippen molar-refractivity contribution in [3.05, 3.63) is 59.7 Å². The predicted octanol–water partition coefficient (Wildman–Crippen LogP) is 2.92. The van der Waals surface area contributed by atoms with E-state index >= 15 is 0 Å². The van der Waals surface area contributed by atoms with Crippen molar-refractivity contribution >= 4 is 11.7 Å². The van der Waals surface area contributed by atoms with Crippen LogP contribution >= 0.6 is 0 Å². The van der Waals surface area contributed by atoms with Gasteiger partial charge in [0, 0.05) is 5.56 Å². The molecule has 0 saturated carbocycles. The van der Waals surface area contributed by atoms with Gasteiger partial charge in [0.05, 0.1) is 24.7 Å². The highest BCUT2D eigenvalue weighted by molar-refractivity contribution is 6.02. The molecule has 0 unspecified atom stereocenters. The highest BCUT2D eigenvalue weighted by Crippen LogP contribution is 2.20. The van der Waals surface area contributed by atoms with Gasteiger partial charge in [-0.1, -0.05) is 18.2 Å². The average Bonchev–Trinajstić information content (AvgIpc) is 3.11. The number of carbonyl (C=O) groups is 1. The van der Waals surface area contributed by atoms with Gasteiger partial charge in [-0.3, -0.25) is 9.98 Å². The number of carbonyl (C=O) groups excluding carboxylic acids is 1. The minimum Gasteiger partial charge on any atom is -0.487 e.